The van der Waals surface area contributed by atoms with Crippen LogP contribution in [0.3, 0.4) is 0 Å². The SMILES string of the molecule is C[C@@H](NC(=O)O)C(=O)N1CCCC(CCn2cnc(N)c3nc(Sc4cc5c(cc4Br)OCO5)nc2-3)C1. The average Bonchev–Trinajstić information content (AvgIpc) is 3.50. The molecule has 1 saturated heterocycles. The number of likely N-dealkylation sites (tertiary alicyclic amines) is 1. The molecule has 1 fully saturated rings. The van der Waals surface area contributed by atoms with Crippen molar-refractivity contribution in [3.8, 4) is 23.0 Å². The lowest BCUT2D eigenvalue weighted by atomic mass is 9.94. The molecule has 4 heterocycles. The van der Waals surface area contributed by atoms with Gasteiger partial charge in [0.2, 0.25) is 12.7 Å². The van der Waals surface area contributed by atoms with E-state index >= 15 is 0 Å². The Morgan fingerprint density at radius 1 is 1.32 bits per heavy atom. The lowest BCUT2D eigenvalue weighted by Crippen LogP contribution is -2.49. The topological polar surface area (TPSA) is 158 Å². The van der Waals surface area contributed by atoms with Crippen LogP contribution in [0.4, 0.5) is 10.6 Å². The number of carbonyl (C=O) groups excluding carboxylic acids is 1. The molecule has 0 spiro atoms. The molecule has 4 aliphatic heterocycles. The molecule has 5 rings (SSSR count). The van der Waals surface area contributed by atoms with Crippen molar-refractivity contribution in [2.75, 3.05) is 25.6 Å². The molecule has 4 aliphatic rings. The minimum atomic E-state index is -1.20. The zero-order valence-electron chi connectivity index (χ0n) is 20.0. The molecule has 12 nitrogen and oxygen atoms in total. The van der Waals surface area contributed by atoms with Crippen LogP contribution in [0.1, 0.15) is 26.2 Å². The van der Waals surface area contributed by atoms with Crippen molar-refractivity contribution in [2.24, 2.45) is 5.92 Å². The van der Waals surface area contributed by atoms with Gasteiger partial charge in [0.1, 0.15) is 6.04 Å². The van der Waals surface area contributed by atoms with Crippen LogP contribution in [-0.2, 0) is 11.3 Å². The van der Waals surface area contributed by atoms with E-state index in [1.807, 2.05) is 16.7 Å². The van der Waals surface area contributed by atoms with E-state index in [1.165, 1.54) is 11.8 Å². The number of aromatic nitrogens is 4. The third kappa shape index (κ3) is 5.54. The molecule has 14 heteroatoms. The number of anilines is 1. The van der Waals surface area contributed by atoms with Crippen molar-refractivity contribution >= 4 is 45.5 Å². The van der Waals surface area contributed by atoms with E-state index in [4.69, 9.17) is 25.3 Å². The number of carboxylic acid groups (broad SMARTS) is 1. The molecule has 37 heavy (non-hydrogen) atoms. The minimum Gasteiger partial charge on any atom is -0.465 e. The lowest BCUT2D eigenvalue weighted by Gasteiger charge is -2.34. The number of halogens is 1. The van der Waals surface area contributed by atoms with Gasteiger partial charge in [-0.1, -0.05) is 0 Å². The number of nitrogens with one attached hydrogen (secondary N) is 1. The molecular formula is C23H26BrN7O5S. The summed E-state index contributed by atoms with van der Waals surface area (Å²) in [6, 6.07) is 2.98. The Balaban J connectivity index is 1.27. The minimum absolute atomic E-state index is 0.194. The first-order valence-electron chi connectivity index (χ1n) is 11.8. The first kappa shape index (κ1) is 25.4. The van der Waals surface area contributed by atoms with Gasteiger partial charge in [0, 0.05) is 29.0 Å². The summed E-state index contributed by atoms with van der Waals surface area (Å²) in [5.41, 5.74) is 6.65. The maximum Gasteiger partial charge on any atom is 0.405 e. The number of aryl methyl sites for hydroxylation is 1. The van der Waals surface area contributed by atoms with Gasteiger partial charge in [0.05, 0.1) is 6.33 Å². The van der Waals surface area contributed by atoms with Gasteiger partial charge in [-0.3, -0.25) is 4.79 Å². The number of nitrogen functional groups attached to an aromatic ring is 1. The van der Waals surface area contributed by atoms with Crippen molar-refractivity contribution < 1.29 is 24.2 Å². The lowest BCUT2D eigenvalue weighted by molar-refractivity contribution is -0.134. The van der Waals surface area contributed by atoms with Gasteiger partial charge in [0.15, 0.2) is 34.0 Å². The predicted molar refractivity (Wildman–Crippen MR) is 138 cm³/mol. The van der Waals surface area contributed by atoms with Crippen LogP contribution in [0.15, 0.2) is 33.0 Å². The van der Waals surface area contributed by atoms with Crippen molar-refractivity contribution in [2.45, 2.75) is 48.8 Å². The second-order valence-electron chi connectivity index (χ2n) is 8.99. The summed E-state index contributed by atoms with van der Waals surface area (Å²) >= 11 is 4.96. The molecule has 0 radical (unpaired) electrons. The second-order valence-corrected chi connectivity index (χ2v) is 10.9. The fourth-order valence-corrected chi connectivity index (χ4v) is 5.91. The molecule has 1 aromatic rings. The molecule has 1 aromatic carbocycles. The van der Waals surface area contributed by atoms with Gasteiger partial charge in [-0.25, -0.2) is 19.7 Å². The molecule has 0 saturated carbocycles. The molecular weight excluding hydrogens is 566 g/mol. The van der Waals surface area contributed by atoms with Gasteiger partial charge in [-0.2, -0.15) is 0 Å². The number of carbonyl (C=O) groups is 2. The smallest absolute Gasteiger partial charge is 0.405 e. The summed E-state index contributed by atoms with van der Waals surface area (Å²) in [5.74, 6) is 2.39. The summed E-state index contributed by atoms with van der Waals surface area (Å²) < 4.78 is 13.7. The third-order valence-electron chi connectivity index (χ3n) is 6.42. The van der Waals surface area contributed by atoms with Crippen LogP contribution in [-0.4, -0.2) is 67.5 Å². The Labute approximate surface area is 225 Å². The van der Waals surface area contributed by atoms with Crippen LogP contribution in [0.5, 0.6) is 11.5 Å². The van der Waals surface area contributed by atoms with Crippen LogP contribution < -0.4 is 20.5 Å². The highest BCUT2D eigenvalue weighted by atomic mass is 79.9. The van der Waals surface area contributed by atoms with Crippen LogP contribution in [0.2, 0.25) is 0 Å². The number of hydrogen-bond acceptors (Lipinski definition) is 9. The zero-order valence-corrected chi connectivity index (χ0v) is 22.4. The Hall–Kier alpha value is -3.26. The standard InChI is InChI=1S/C23H26BrN7O5S/c1-12(27-23(33)34)21(32)30-5-2-3-13(9-30)4-6-31-10-26-19(25)18-20(31)29-22(28-18)37-17-8-16-15(7-14(17)24)35-11-36-16/h7-8,10,12-13,27H,2-6,9,11,25H2,1H3,(H,33,34)/t12-,13?/m1/s1. The summed E-state index contributed by atoms with van der Waals surface area (Å²) in [5, 5.41) is 11.7. The average molecular weight is 592 g/mol. The highest BCUT2D eigenvalue weighted by Crippen LogP contribution is 2.43. The van der Waals surface area contributed by atoms with E-state index in [9.17, 15) is 9.59 Å². The first-order valence-corrected chi connectivity index (χ1v) is 13.4. The molecule has 1 unspecified atom stereocenters. The normalized spacial score (nSPS) is 17.7. The zero-order chi connectivity index (χ0) is 26.1. The summed E-state index contributed by atoms with van der Waals surface area (Å²) in [7, 11) is 0. The van der Waals surface area contributed by atoms with E-state index in [2.05, 4.69) is 31.2 Å². The molecule has 0 aliphatic carbocycles. The Bertz CT molecular complexity index is 1300. The number of rotatable bonds is 7. The highest BCUT2D eigenvalue weighted by Gasteiger charge is 2.28. The van der Waals surface area contributed by atoms with E-state index in [1.54, 1.807) is 18.2 Å². The van der Waals surface area contributed by atoms with Gasteiger partial charge in [0.25, 0.3) is 0 Å². The summed E-state index contributed by atoms with van der Waals surface area (Å²) in [6.07, 6.45) is 3.13. The van der Waals surface area contributed by atoms with Crippen molar-refractivity contribution in [3.05, 3.63) is 22.9 Å². The largest absolute Gasteiger partial charge is 0.465 e. The molecule has 2 atom stereocenters. The van der Waals surface area contributed by atoms with E-state index < -0.39 is 12.1 Å². The van der Waals surface area contributed by atoms with Crippen molar-refractivity contribution in [3.63, 3.8) is 0 Å². The van der Waals surface area contributed by atoms with Crippen LogP contribution >= 0.6 is 27.7 Å². The van der Waals surface area contributed by atoms with Gasteiger partial charge in [-0.05, 0) is 71.9 Å². The molecule has 0 bridgehead atoms. The number of ether oxygens (including phenoxy) is 2. The molecule has 4 N–H and O–H groups in total. The Morgan fingerprint density at radius 3 is 2.89 bits per heavy atom. The van der Waals surface area contributed by atoms with Gasteiger partial charge >= 0.3 is 6.09 Å². The Morgan fingerprint density at radius 2 is 2.11 bits per heavy atom. The quantitative estimate of drug-likeness (QED) is 0.372. The van der Waals surface area contributed by atoms with Gasteiger partial charge < -0.3 is 35.1 Å². The number of fused-ring (bicyclic) bond motifs is 2. The molecule has 2 amide bonds. The van der Waals surface area contributed by atoms with Crippen LogP contribution in [0, 0.1) is 5.92 Å². The maximum atomic E-state index is 12.6. The fourth-order valence-electron chi connectivity index (χ4n) is 4.56. The molecule has 196 valence electrons. The number of amides is 2. The second kappa shape index (κ2) is 10.6. The number of nitrogens with two attached hydrogens (primary N) is 1. The summed E-state index contributed by atoms with van der Waals surface area (Å²) in [6.45, 7) is 3.61. The molecule has 0 aromatic heterocycles. The predicted octanol–water partition coefficient (Wildman–Crippen LogP) is 3.29. The first-order chi connectivity index (χ1) is 17.8. The number of imidazole rings is 1. The van der Waals surface area contributed by atoms with E-state index in [0.29, 0.717) is 53.6 Å². The van der Waals surface area contributed by atoms with Crippen molar-refractivity contribution in [1.29, 1.82) is 0 Å². The number of piperidine rings is 1. The Kier molecular flexibility index (Phi) is 7.29. The maximum absolute atomic E-state index is 12.6. The number of benzene rings is 1. The number of nitrogens with zero attached hydrogens (tertiary/aromatic N) is 5. The van der Waals surface area contributed by atoms with E-state index in [-0.39, 0.29) is 18.6 Å². The van der Waals surface area contributed by atoms with Gasteiger partial charge in [-0.15, -0.1) is 0 Å². The number of hydrogen-bond donors (Lipinski definition) is 3. The third-order valence-corrected chi connectivity index (χ3v) is 8.26. The fraction of sp³-hybridized carbons (Fsp3) is 0.435. The van der Waals surface area contributed by atoms with Crippen molar-refractivity contribution in [1.82, 2.24) is 29.7 Å². The summed E-state index contributed by atoms with van der Waals surface area (Å²) in [4.78, 5) is 39.8. The highest BCUT2D eigenvalue weighted by molar-refractivity contribution is 9.10. The van der Waals surface area contributed by atoms with E-state index in [0.717, 1.165) is 28.6 Å². The van der Waals surface area contributed by atoms with Crippen LogP contribution in [0.25, 0.3) is 11.5 Å². The monoisotopic (exact) mass is 591 g/mol.